The van der Waals surface area contributed by atoms with E-state index in [9.17, 15) is 9.18 Å². The Kier molecular flexibility index (Phi) is 12.1. The van der Waals surface area contributed by atoms with E-state index >= 15 is 0 Å². The first-order valence-corrected chi connectivity index (χ1v) is 13.1. The number of halogens is 1. The van der Waals surface area contributed by atoms with Crippen LogP contribution >= 0.6 is 0 Å². The third kappa shape index (κ3) is 8.11. The van der Waals surface area contributed by atoms with Gasteiger partial charge in [0.2, 0.25) is 0 Å². The molecule has 0 unspecified atom stereocenters. The monoisotopic (exact) mass is 469 g/mol. The minimum Gasteiger partial charge on any atom is -0.357 e. The molecule has 4 nitrogen and oxygen atoms in total. The molecule has 2 aromatic rings. The van der Waals surface area contributed by atoms with Crippen molar-refractivity contribution in [3.63, 3.8) is 0 Å². The summed E-state index contributed by atoms with van der Waals surface area (Å²) in [5, 5.41) is 0.756. The van der Waals surface area contributed by atoms with Crippen molar-refractivity contribution in [2.75, 3.05) is 20.1 Å². The van der Waals surface area contributed by atoms with Gasteiger partial charge in [0, 0.05) is 44.2 Å². The van der Waals surface area contributed by atoms with Crippen molar-refractivity contribution < 1.29 is 9.18 Å². The van der Waals surface area contributed by atoms with Crippen LogP contribution in [0.5, 0.6) is 0 Å². The Balaban J connectivity index is 0.000000240. The SMILES string of the molecule is CC1CCC(n2ccc3c(F)cccc32)CC1.CCCCN(CCC)C(/C=C\C(=O)CC)=NC. The van der Waals surface area contributed by atoms with Crippen molar-refractivity contribution in [2.24, 2.45) is 10.9 Å². The largest absolute Gasteiger partial charge is 0.357 e. The Morgan fingerprint density at radius 2 is 1.82 bits per heavy atom. The average Bonchev–Trinajstić information content (AvgIpc) is 3.29. The number of aliphatic imine (C=N–C) groups is 1. The van der Waals surface area contributed by atoms with Crippen molar-refractivity contribution in [1.29, 1.82) is 0 Å². The van der Waals surface area contributed by atoms with Crippen molar-refractivity contribution in [3.8, 4) is 0 Å². The number of amidine groups is 1. The summed E-state index contributed by atoms with van der Waals surface area (Å²) in [5.41, 5.74) is 1.05. The summed E-state index contributed by atoms with van der Waals surface area (Å²) >= 11 is 0. The van der Waals surface area contributed by atoms with E-state index in [-0.39, 0.29) is 11.6 Å². The highest BCUT2D eigenvalue weighted by Gasteiger charge is 2.20. The molecule has 0 aliphatic heterocycles. The molecule has 0 N–H and O–H groups in total. The maximum Gasteiger partial charge on any atom is 0.155 e. The first kappa shape index (κ1) is 27.8. The Morgan fingerprint density at radius 1 is 1.09 bits per heavy atom. The summed E-state index contributed by atoms with van der Waals surface area (Å²) < 4.78 is 15.9. The molecule has 0 bridgehead atoms. The molecule has 0 atom stereocenters. The second-order valence-corrected chi connectivity index (χ2v) is 9.38. The Bertz CT molecular complexity index is 938. The first-order chi connectivity index (χ1) is 16.4. The molecule has 0 radical (unpaired) electrons. The van der Waals surface area contributed by atoms with Crippen LogP contribution < -0.4 is 0 Å². The number of aromatic nitrogens is 1. The number of hydrogen-bond acceptors (Lipinski definition) is 2. The van der Waals surface area contributed by atoms with E-state index in [2.05, 4.69) is 41.4 Å². The Morgan fingerprint density at radius 3 is 2.44 bits per heavy atom. The minimum atomic E-state index is -0.106. The zero-order valence-electron chi connectivity index (χ0n) is 21.9. The normalized spacial score (nSPS) is 18.7. The zero-order chi connectivity index (χ0) is 24.9. The van der Waals surface area contributed by atoms with E-state index in [4.69, 9.17) is 0 Å². The molecule has 1 aromatic carbocycles. The number of nitrogens with zero attached hydrogens (tertiary/aromatic N) is 3. The number of rotatable bonds is 9. The summed E-state index contributed by atoms with van der Waals surface area (Å²) in [5.74, 6) is 1.82. The van der Waals surface area contributed by atoms with Gasteiger partial charge in [-0.3, -0.25) is 9.79 Å². The van der Waals surface area contributed by atoms with E-state index in [1.807, 2.05) is 25.1 Å². The van der Waals surface area contributed by atoms with Crippen LogP contribution in [0.15, 0.2) is 47.6 Å². The Hall–Kier alpha value is -2.43. The number of benzene rings is 1. The molecule has 3 rings (SSSR count). The van der Waals surface area contributed by atoms with Gasteiger partial charge in [-0.05, 0) is 74.8 Å². The second kappa shape index (κ2) is 14.7. The van der Waals surface area contributed by atoms with E-state index in [1.165, 1.54) is 38.2 Å². The topological polar surface area (TPSA) is 37.6 Å². The second-order valence-electron chi connectivity index (χ2n) is 9.38. The van der Waals surface area contributed by atoms with Crippen molar-refractivity contribution in [1.82, 2.24) is 9.47 Å². The van der Waals surface area contributed by atoms with E-state index in [0.29, 0.717) is 12.5 Å². The van der Waals surface area contributed by atoms with Crippen LogP contribution in [-0.4, -0.2) is 41.2 Å². The standard InChI is InChI=1S/C15H18FN.C14H26N2O/c1-11-5-7-12(8-6-11)17-10-9-13-14(16)3-2-4-15(13)17;1-5-8-12-16(11-6-2)14(15-4)10-9-13(17)7-3/h2-4,9-12H,5-8H2,1H3;9-10H,5-8,11-12H2,1-4H3/b;10-9-,15-14?. The number of ketones is 1. The van der Waals surface area contributed by atoms with Crippen LogP contribution in [0.1, 0.15) is 85.1 Å². The summed E-state index contributed by atoms with van der Waals surface area (Å²) in [4.78, 5) is 17.8. The highest BCUT2D eigenvalue weighted by atomic mass is 19.1. The molecular formula is C29H44FN3O. The fourth-order valence-corrected chi connectivity index (χ4v) is 4.56. The van der Waals surface area contributed by atoms with Gasteiger partial charge in [0.15, 0.2) is 5.78 Å². The molecule has 1 heterocycles. The molecule has 34 heavy (non-hydrogen) atoms. The van der Waals surface area contributed by atoms with Gasteiger partial charge < -0.3 is 9.47 Å². The van der Waals surface area contributed by atoms with Crippen LogP contribution in [-0.2, 0) is 4.79 Å². The van der Waals surface area contributed by atoms with E-state index in [0.717, 1.165) is 48.6 Å². The van der Waals surface area contributed by atoms with Gasteiger partial charge in [0.1, 0.15) is 11.7 Å². The molecule has 1 fully saturated rings. The van der Waals surface area contributed by atoms with Gasteiger partial charge in [0.05, 0.1) is 5.52 Å². The molecule has 188 valence electrons. The Labute approximate surface area is 205 Å². The lowest BCUT2D eigenvalue weighted by molar-refractivity contribution is -0.114. The van der Waals surface area contributed by atoms with Crippen LogP contribution in [0.4, 0.5) is 4.39 Å². The van der Waals surface area contributed by atoms with Crippen molar-refractivity contribution >= 4 is 22.5 Å². The number of carbonyl (C=O) groups is 1. The highest BCUT2D eigenvalue weighted by molar-refractivity contribution is 6.00. The van der Waals surface area contributed by atoms with Gasteiger partial charge in [-0.15, -0.1) is 0 Å². The van der Waals surface area contributed by atoms with Crippen LogP contribution in [0.25, 0.3) is 10.9 Å². The third-order valence-electron chi connectivity index (χ3n) is 6.68. The quantitative estimate of drug-likeness (QED) is 0.215. The van der Waals surface area contributed by atoms with E-state index < -0.39 is 0 Å². The molecule has 1 aliphatic carbocycles. The molecule has 0 spiro atoms. The van der Waals surface area contributed by atoms with Crippen LogP contribution in [0.2, 0.25) is 0 Å². The van der Waals surface area contributed by atoms with Gasteiger partial charge in [-0.1, -0.05) is 40.2 Å². The van der Waals surface area contributed by atoms with Gasteiger partial charge in [0.25, 0.3) is 0 Å². The number of allylic oxidation sites excluding steroid dienone is 1. The molecule has 0 amide bonds. The lowest BCUT2D eigenvalue weighted by Crippen LogP contribution is -2.31. The fraction of sp³-hybridized carbons (Fsp3) is 0.586. The number of fused-ring (bicyclic) bond motifs is 1. The maximum atomic E-state index is 13.6. The number of carbonyl (C=O) groups excluding carboxylic acids is 1. The fourth-order valence-electron chi connectivity index (χ4n) is 4.56. The predicted molar refractivity (Wildman–Crippen MR) is 143 cm³/mol. The summed E-state index contributed by atoms with van der Waals surface area (Å²) in [6, 6.07) is 7.83. The highest BCUT2D eigenvalue weighted by Crippen LogP contribution is 2.34. The van der Waals surface area contributed by atoms with Crippen LogP contribution in [0, 0.1) is 11.7 Å². The zero-order valence-corrected chi connectivity index (χ0v) is 21.9. The van der Waals surface area contributed by atoms with E-state index in [1.54, 1.807) is 19.2 Å². The predicted octanol–water partition coefficient (Wildman–Crippen LogP) is 7.59. The average molecular weight is 470 g/mol. The van der Waals surface area contributed by atoms with Gasteiger partial charge in [-0.25, -0.2) is 4.39 Å². The first-order valence-electron chi connectivity index (χ1n) is 13.1. The molecule has 1 aliphatic rings. The van der Waals surface area contributed by atoms with Crippen LogP contribution in [0.3, 0.4) is 0 Å². The summed E-state index contributed by atoms with van der Waals surface area (Å²) in [7, 11) is 1.78. The summed E-state index contributed by atoms with van der Waals surface area (Å²) in [6.45, 7) is 10.6. The van der Waals surface area contributed by atoms with Gasteiger partial charge >= 0.3 is 0 Å². The minimum absolute atomic E-state index is 0.106. The molecule has 0 saturated heterocycles. The smallest absolute Gasteiger partial charge is 0.155 e. The molecule has 1 aromatic heterocycles. The van der Waals surface area contributed by atoms with Gasteiger partial charge in [-0.2, -0.15) is 0 Å². The maximum absolute atomic E-state index is 13.6. The lowest BCUT2D eigenvalue weighted by Gasteiger charge is -2.28. The van der Waals surface area contributed by atoms with Crippen molar-refractivity contribution in [2.45, 2.75) is 85.1 Å². The molecular weight excluding hydrogens is 425 g/mol. The van der Waals surface area contributed by atoms with Crippen molar-refractivity contribution in [3.05, 3.63) is 48.4 Å². The lowest BCUT2D eigenvalue weighted by atomic mass is 9.87. The summed E-state index contributed by atoms with van der Waals surface area (Å²) in [6.07, 6.45) is 14.5. The molecule has 1 saturated carbocycles. The number of hydrogen-bond donors (Lipinski definition) is 0. The molecule has 5 heteroatoms. The third-order valence-corrected chi connectivity index (χ3v) is 6.68. The number of unbranched alkanes of at least 4 members (excludes halogenated alkanes) is 1.